The van der Waals surface area contributed by atoms with E-state index < -0.39 is 8.07 Å². The predicted molar refractivity (Wildman–Crippen MR) is 84.7 cm³/mol. The lowest BCUT2D eigenvalue weighted by atomic mass is 10.4. The summed E-state index contributed by atoms with van der Waals surface area (Å²) in [4.78, 5) is 0. The maximum Gasteiger partial charge on any atom is 0.127 e. The fraction of sp³-hybridized carbons (Fsp3) is 0.250. The monoisotopic (exact) mass is 270 g/mol. The van der Waals surface area contributed by atoms with Gasteiger partial charge in [-0.2, -0.15) is 11.8 Å². The highest BCUT2D eigenvalue weighted by atomic mass is 32.2. The molecule has 2 aromatic carbocycles. The van der Waals surface area contributed by atoms with Crippen molar-refractivity contribution in [2.75, 3.05) is 11.1 Å². The second-order valence-corrected chi connectivity index (χ2v) is 10.8. The minimum Gasteiger partial charge on any atom is -0.164 e. The average molecular weight is 270 g/mol. The van der Waals surface area contributed by atoms with Crippen LogP contribution in [0.25, 0.3) is 0 Å². The Hall–Kier alpha value is -0.993. The lowest BCUT2D eigenvalue weighted by Crippen LogP contribution is -2.61. The van der Waals surface area contributed by atoms with Gasteiger partial charge in [0.2, 0.25) is 0 Å². The van der Waals surface area contributed by atoms with Gasteiger partial charge >= 0.3 is 0 Å². The van der Waals surface area contributed by atoms with Crippen LogP contribution in [0.2, 0.25) is 6.04 Å². The second-order valence-electron chi connectivity index (χ2n) is 4.97. The Morgan fingerprint density at radius 3 is 1.78 bits per heavy atom. The summed E-state index contributed by atoms with van der Waals surface area (Å²) in [6.07, 6.45) is 1.38. The molecule has 1 aliphatic rings. The molecule has 0 nitrogen and oxygen atoms in total. The van der Waals surface area contributed by atoms with Gasteiger partial charge in [0, 0.05) is 0 Å². The van der Waals surface area contributed by atoms with Gasteiger partial charge in [-0.1, -0.05) is 71.0 Å². The quantitative estimate of drug-likeness (QED) is 0.756. The van der Waals surface area contributed by atoms with Gasteiger partial charge in [0.1, 0.15) is 8.07 Å². The van der Waals surface area contributed by atoms with Crippen LogP contribution in [-0.4, -0.2) is 19.2 Å². The van der Waals surface area contributed by atoms with Crippen LogP contribution in [-0.2, 0) is 0 Å². The van der Waals surface area contributed by atoms with Gasteiger partial charge in [-0.3, -0.25) is 0 Å². The van der Waals surface area contributed by atoms with E-state index in [4.69, 9.17) is 0 Å². The summed E-state index contributed by atoms with van der Waals surface area (Å²) >= 11 is 2.15. The molecule has 2 aromatic rings. The smallest absolute Gasteiger partial charge is 0.127 e. The first-order chi connectivity index (χ1) is 8.92. The lowest BCUT2D eigenvalue weighted by Gasteiger charge is -2.36. The molecule has 1 fully saturated rings. The van der Waals surface area contributed by atoms with E-state index in [-0.39, 0.29) is 0 Å². The van der Waals surface area contributed by atoms with Crippen molar-refractivity contribution in [1.29, 1.82) is 0 Å². The Balaban J connectivity index is 2.10. The molecular weight excluding hydrogens is 252 g/mol. The number of hydrogen-bond donors (Lipinski definition) is 0. The number of hydrogen-bond acceptors (Lipinski definition) is 1. The molecule has 2 heteroatoms. The fourth-order valence-corrected chi connectivity index (χ4v) is 10.8. The van der Waals surface area contributed by atoms with Gasteiger partial charge < -0.3 is 0 Å². The fourth-order valence-electron chi connectivity index (χ4n) is 2.93. The maximum atomic E-state index is 2.35. The zero-order valence-electron chi connectivity index (χ0n) is 10.5. The molecule has 0 N–H and O–H groups in total. The number of rotatable bonds is 2. The van der Waals surface area contributed by atoms with Gasteiger partial charge in [-0.05, 0) is 23.6 Å². The Kier molecular flexibility index (Phi) is 3.57. The van der Waals surface area contributed by atoms with Crippen LogP contribution in [0.4, 0.5) is 0 Å². The third kappa shape index (κ3) is 2.15. The van der Waals surface area contributed by atoms with Gasteiger partial charge in [-0.15, -0.1) is 0 Å². The number of thioether (sulfide) groups is 1. The predicted octanol–water partition coefficient (Wildman–Crippen LogP) is 2.93. The van der Waals surface area contributed by atoms with E-state index in [9.17, 15) is 0 Å². The van der Waals surface area contributed by atoms with E-state index >= 15 is 0 Å². The molecule has 0 saturated carbocycles. The minimum atomic E-state index is -1.47. The van der Waals surface area contributed by atoms with Crippen LogP contribution >= 0.6 is 11.8 Å². The zero-order chi connectivity index (χ0) is 12.3. The summed E-state index contributed by atoms with van der Waals surface area (Å²) in [6.45, 7) is 0. The summed E-state index contributed by atoms with van der Waals surface area (Å²) in [5.41, 5.74) is 0. The molecule has 92 valence electrons. The Morgan fingerprint density at radius 2 is 1.33 bits per heavy atom. The summed E-state index contributed by atoms with van der Waals surface area (Å²) < 4.78 is 0. The molecule has 0 atom stereocenters. The van der Waals surface area contributed by atoms with Crippen LogP contribution in [0.1, 0.15) is 6.42 Å². The SMILES string of the molecule is c1ccc([Si]2(c3ccccc3)CCCSC2)cc1. The first-order valence-electron chi connectivity index (χ1n) is 6.61. The van der Waals surface area contributed by atoms with Crippen molar-refractivity contribution in [1.82, 2.24) is 0 Å². The van der Waals surface area contributed by atoms with E-state index in [2.05, 4.69) is 72.4 Å². The molecule has 3 rings (SSSR count). The van der Waals surface area contributed by atoms with Crippen LogP contribution < -0.4 is 10.4 Å². The van der Waals surface area contributed by atoms with E-state index in [1.54, 1.807) is 10.4 Å². The van der Waals surface area contributed by atoms with E-state index in [1.165, 1.54) is 23.6 Å². The normalized spacial score (nSPS) is 18.4. The van der Waals surface area contributed by atoms with E-state index in [0.717, 1.165) is 0 Å². The van der Waals surface area contributed by atoms with Crippen LogP contribution in [0, 0.1) is 0 Å². The summed E-state index contributed by atoms with van der Waals surface area (Å²) in [6, 6.07) is 23.9. The van der Waals surface area contributed by atoms with Crippen molar-refractivity contribution >= 4 is 30.2 Å². The van der Waals surface area contributed by atoms with Crippen molar-refractivity contribution < 1.29 is 0 Å². The maximum absolute atomic E-state index is 2.35. The van der Waals surface area contributed by atoms with Crippen molar-refractivity contribution in [3.05, 3.63) is 60.7 Å². The molecule has 0 unspecified atom stereocenters. The molecule has 0 aliphatic carbocycles. The van der Waals surface area contributed by atoms with Crippen LogP contribution in [0.15, 0.2) is 60.7 Å². The molecule has 0 aromatic heterocycles. The molecule has 1 heterocycles. The molecule has 1 aliphatic heterocycles. The molecule has 18 heavy (non-hydrogen) atoms. The summed E-state index contributed by atoms with van der Waals surface area (Å²) in [5, 5.41) is 4.58. The standard InChI is InChI=1S/C16H18SSi/c1-3-8-15(9-4-1)18(13-7-12-17-14-18)16-10-5-2-6-11-16/h1-6,8-11H,7,12-14H2. The van der Waals surface area contributed by atoms with Crippen molar-refractivity contribution in [2.24, 2.45) is 0 Å². The van der Waals surface area contributed by atoms with Crippen LogP contribution in [0.3, 0.4) is 0 Å². The average Bonchev–Trinajstić information content (AvgIpc) is 2.50. The van der Waals surface area contributed by atoms with E-state index in [0.29, 0.717) is 0 Å². The van der Waals surface area contributed by atoms with Crippen LogP contribution in [0.5, 0.6) is 0 Å². The lowest BCUT2D eigenvalue weighted by molar-refractivity contribution is 1.06. The van der Waals surface area contributed by atoms with Gasteiger partial charge in [0.05, 0.1) is 0 Å². The Labute approximate surface area is 114 Å². The third-order valence-electron chi connectivity index (χ3n) is 3.89. The highest BCUT2D eigenvalue weighted by molar-refractivity contribution is 8.01. The first kappa shape index (κ1) is 12.1. The van der Waals surface area contributed by atoms with Gasteiger partial charge in [0.15, 0.2) is 0 Å². The largest absolute Gasteiger partial charge is 0.164 e. The molecule has 0 bridgehead atoms. The summed E-state index contributed by atoms with van der Waals surface area (Å²) in [7, 11) is -1.47. The highest BCUT2D eigenvalue weighted by Gasteiger charge is 2.38. The highest BCUT2D eigenvalue weighted by Crippen LogP contribution is 2.26. The van der Waals surface area contributed by atoms with Gasteiger partial charge in [-0.25, -0.2) is 0 Å². The third-order valence-corrected chi connectivity index (χ3v) is 11.3. The topological polar surface area (TPSA) is 0 Å². The van der Waals surface area contributed by atoms with Crippen molar-refractivity contribution in [3.8, 4) is 0 Å². The first-order valence-corrected chi connectivity index (χ1v) is 10.2. The number of benzene rings is 2. The second kappa shape index (κ2) is 5.33. The zero-order valence-corrected chi connectivity index (χ0v) is 12.3. The van der Waals surface area contributed by atoms with Crippen molar-refractivity contribution in [2.45, 2.75) is 12.5 Å². The Morgan fingerprint density at radius 1 is 0.778 bits per heavy atom. The molecule has 0 amide bonds. The molecule has 0 spiro atoms. The minimum absolute atomic E-state index is 1.34. The van der Waals surface area contributed by atoms with Gasteiger partial charge in [0.25, 0.3) is 0 Å². The molecule has 0 radical (unpaired) electrons. The molecule has 1 saturated heterocycles. The summed E-state index contributed by atoms with van der Waals surface area (Å²) in [5.74, 6) is 1.34. The molecular formula is C16H18SSi. The van der Waals surface area contributed by atoms with E-state index in [1.807, 2.05) is 0 Å². The van der Waals surface area contributed by atoms with Crippen molar-refractivity contribution in [3.63, 3.8) is 0 Å². The Bertz CT molecular complexity index is 448.